The molecule has 2 aromatic carbocycles. The quantitative estimate of drug-likeness (QED) is 0.316. The molecule has 1 aromatic heterocycles. The lowest BCUT2D eigenvalue weighted by atomic mass is 9.83. The van der Waals surface area contributed by atoms with Crippen LogP contribution in [0.15, 0.2) is 64.4 Å². The number of likely N-dealkylation sites (tertiary alicyclic amines) is 1. The van der Waals surface area contributed by atoms with E-state index >= 15 is 0 Å². The van der Waals surface area contributed by atoms with Crippen LogP contribution in [0, 0.1) is 5.92 Å². The second kappa shape index (κ2) is 11.3. The highest BCUT2D eigenvalue weighted by Gasteiger charge is 2.56. The van der Waals surface area contributed by atoms with Crippen molar-refractivity contribution in [3.8, 4) is 0 Å². The van der Waals surface area contributed by atoms with E-state index in [0.717, 1.165) is 36.2 Å². The number of amides is 3. The summed E-state index contributed by atoms with van der Waals surface area (Å²) in [5.74, 6) is -2.56. The highest BCUT2D eigenvalue weighted by molar-refractivity contribution is 8.00. The number of esters is 1. The molecule has 11 heteroatoms. The molecule has 3 aliphatic rings. The van der Waals surface area contributed by atoms with E-state index in [2.05, 4.69) is 0 Å². The molecule has 2 fully saturated rings. The first-order valence-corrected chi connectivity index (χ1v) is 15.5. The molecule has 0 spiro atoms. The first-order valence-electron chi connectivity index (χ1n) is 13.8. The Morgan fingerprint density at radius 1 is 0.927 bits per heavy atom. The normalized spacial score (nSPS) is 21.9. The summed E-state index contributed by atoms with van der Waals surface area (Å²) in [6, 6.07) is 15.7. The average molecular weight is 592 g/mol. The molecule has 0 radical (unpaired) electrons. The maximum atomic E-state index is 14.0. The molecule has 0 bridgehead atoms. The fraction of sp³-hybridized carbons (Fsp3) is 0.367. The largest absolute Gasteiger partial charge is 0.462 e. The summed E-state index contributed by atoms with van der Waals surface area (Å²) in [4.78, 5) is 69.9. The number of nitrogens with zero attached hydrogens (tertiary/aromatic N) is 3. The minimum atomic E-state index is -0.768. The highest BCUT2D eigenvalue weighted by atomic mass is 32.2. The smallest absolute Gasteiger partial charge is 0.338 e. The highest BCUT2D eigenvalue weighted by Crippen LogP contribution is 2.53. The van der Waals surface area contributed by atoms with E-state index in [1.54, 1.807) is 36.1 Å². The number of thiazole rings is 1. The second-order valence-corrected chi connectivity index (χ2v) is 12.4. The number of aromatic nitrogens is 1. The summed E-state index contributed by atoms with van der Waals surface area (Å²) < 4.78 is 6.53. The number of hydrogen-bond donors (Lipinski definition) is 0. The van der Waals surface area contributed by atoms with Crippen LogP contribution in [-0.4, -0.2) is 58.1 Å². The maximum absolute atomic E-state index is 14.0. The van der Waals surface area contributed by atoms with E-state index in [1.165, 1.54) is 21.2 Å². The van der Waals surface area contributed by atoms with Crippen LogP contribution in [0.1, 0.15) is 52.9 Å². The van der Waals surface area contributed by atoms with Crippen molar-refractivity contribution in [3.05, 3.63) is 80.3 Å². The third-order valence-corrected chi connectivity index (χ3v) is 10.5. The zero-order chi connectivity index (χ0) is 28.7. The van der Waals surface area contributed by atoms with Crippen LogP contribution < -0.4 is 9.77 Å². The topological polar surface area (TPSA) is 106 Å². The second-order valence-electron chi connectivity index (χ2n) is 10.3. The molecule has 3 atom stereocenters. The molecule has 3 amide bonds. The third kappa shape index (κ3) is 4.91. The van der Waals surface area contributed by atoms with Crippen LogP contribution in [0.2, 0.25) is 0 Å². The number of hydrogen-bond acceptors (Lipinski definition) is 8. The molecule has 0 aliphatic carbocycles. The fourth-order valence-corrected chi connectivity index (χ4v) is 8.64. The molecule has 4 heterocycles. The number of benzene rings is 2. The van der Waals surface area contributed by atoms with Crippen molar-refractivity contribution in [1.82, 2.24) is 9.47 Å². The summed E-state index contributed by atoms with van der Waals surface area (Å²) in [5, 5.41) is -0.184. The van der Waals surface area contributed by atoms with E-state index in [0.29, 0.717) is 34.2 Å². The molecule has 0 saturated carbocycles. The van der Waals surface area contributed by atoms with Gasteiger partial charge in [0.05, 0.1) is 28.8 Å². The van der Waals surface area contributed by atoms with Crippen LogP contribution in [0.4, 0.5) is 5.69 Å². The number of ether oxygens (including phenoxy) is 1. The van der Waals surface area contributed by atoms with Gasteiger partial charge in [0.15, 0.2) is 0 Å². The molecule has 3 aliphatic heterocycles. The van der Waals surface area contributed by atoms with E-state index in [4.69, 9.17) is 4.74 Å². The Morgan fingerprint density at radius 2 is 1.63 bits per heavy atom. The Balaban J connectivity index is 1.37. The molecular formula is C30H29N3O6S2. The molecule has 9 nitrogen and oxygen atoms in total. The number of rotatable bonds is 6. The van der Waals surface area contributed by atoms with Crippen LogP contribution in [0.5, 0.6) is 0 Å². The van der Waals surface area contributed by atoms with Gasteiger partial charge in [-0.3, -0.25) is 23.7 Å². The van der Waals surface area contributed by atoms with Crippen molar-refractivity contribution < 1.29 is 23.9 Å². The van der Waals surface area contributed by atoms with E-state index in [1.807, 2.05) is 30.3 Å². The number of carbonyl (C=O) groups excluding carboxylic acids is 4. The maximum Gasteiger partial charge on any atom is 0.338 e. The van der Waals surface area contributed by atoms with Crippen molar-refractivity contribution in [3.63, 3.8) is 0 Å². The first-order chi connectivity index (χ1) is 19.9. The summed E-state index contributed by atoms with van der Waals surface area (Å²) in [7, 11) is 0. The van der Waals surface area contributed by atoms with Crippen molar-refractivity contribution in [2.24, 2.45) is 5.92 Å². The SMILES string of the molecule is CCOC(=O)c1ccc(N2C(=O)[C@@H]3[C@H](c4ccccc4)c4sc(=O)n(CC(=O)N5CCCCC5)c4S[C@@H]3C2=O)cc1. The Morgan fingerprint density at radius 3 is 2.32 bits per heavy atom. The molecule has 6 rings (SSSR count). The lowest BCUT2D eigenvalue weighted by Crippen LogP contribution is -2.39. The van der Waals surface area contributed by atoms with Gasteiger partial charge >= 0.3 is 10.8 Å². The van der Waals surface area contributed by atoms with Gasteiger partial charge in [0.1, 0.15) is 11.8 Å². The van der Waals surface area contributed by atoms with Crippen LogP contribution in [0.3, 0.4) is 0 Å². The standard InChI is InChI=1S/C30H29N3O6S2/c1-2-39-29(37)19-11-13-20(14-12-19)33-26(35)23-22(18-9-5-3-6-10-18)25-28(40-24(23)27(33)36)32(30(38)41-25)17-21(34)31-15-7-4-8-16-31/h3,5-6,9-14,22-24H,2,4,7-8,15-17H2,1H3/t22-,23+,24-/m0/s1. The number of fused-ring (bicyclic) bond motifs is 2. The van der Waals surface area contributed by atoms with Crippen molar-refractivity contribution in [2.75, 3.05) is 24.6 Å². The van der Waals surface area contributed by atoms with Gasteiger partial charge in [0, 0.05) is 23.9 Å². The van der Waals surface area contributed by atoms with Crippen molar-refractivity contribution in [1.29, 1.82) is 0 Å². The lowest BCUT2D eigenvalue weighted by molar-refractivity contribution is -0.133. The summed E-state index contributed by atoms with van der Waals surface area (Å²) in [6.07, 6.45) is 2.99. The molecule has 212 valence electrons. The summed E-state index contributed by atoms with van der Waals surface area (Å²) >= 11 is 2.25. The van der Waals surface area contributed by atoms with E-state index in [9.17, 15) is 24.0 Å². The Kier molecular flexibility index (Phi) is 7.56. The third-order valence-electron chi connectivity index (χ3n) is 7.85. The minimum Gasteiger partial charge on any atom is -0.462 e. The Bertz CT molecular complexity index is 1560. The predicted octanol–water partition coefficient (Wildman–Crippen LogP) is 3.89. The van der Waals surface area contributed by atoms with Gasteiger partial charge in [-0.05, 0) is 56.0 Å². The minimum absolute atomic E-state index is 0.0856. The van der Waals surface area contributed by atoms with Crippen LogP contribution in [-0.2, 0) is 25.7 Å². The van der Waals surface area contributed by atoms with Gasteiger partial charge in [-0.2, -0.15) is 0 Å². The summed E-state index contributed by atoms with van der Waals surface area (Å²) in [5.41, 5.74) is 1.53. The Hall–Kier alpha value is -3.70. The first kappa shape index (κ1) is 27.5. The van der Waals surface area contributed by atoms with Crippen molar-refractivity contribution >= 4 is 52.5 Å². The number of imide groups is 1. The van der Waals surface area contributed by atoms with E-state index < -0.39 is 23.1 Å². The molecule has 0 N–H and O–H groups in total. The summed E-state index contributed by atoms with van der Waals surface area (Å²) in [6.45, 7) is 3.24. The zero-order valence-corrected chi connectivity index (χ0v) is 24.1. The van der Waals surface area contributed by atoms with Crippen molar-refractivity contribution in [2.45, 2.75) is 48.9 Å². The van der Waals surface area contributed by atoms with Gasteiger partial charge in [-0.25, -0.2) is 9.69 Å². The number of carbonyl (C=O) groups is 4. The fourth-order valence-electron chi connectivity index (χ4n) is 5.87. The average Bonchev–Trinajstić information content (AvgIpc) is 3.44. The van der Waals surface area contributed by atoms with Gasteiger partial charge in [-0.1, -0.05) is 53.4 Å². The van der Waals surface area contributed by atoms with Gasteiger partial charge < -0.3 is 9.64 Å². The molecule has 3 aromatic rings. The van der Waals surface area contributed by atoms with Gasteiger partial charge in [0.25, 0.3) is 0 Å². The van der Waals surface area contributed by atoms with Gasteiger partial charge in [-0.15, -0.1) is 0 Å². The van der Waals surface area contributed by atoms with Gasteiger partial charge in [0.2, 0.25) is 17.7 Å². The zero-order valence-electron chi connectivity index (χ0n) is 22.5. The molecule has 41 heavy (non-hydrogen) atoms. The Labute approximate surface area is 245 Å². The molecule has 0 unspecified atom stereocenters. The number of anilines is 1. The van der Waals surface area contributed by atoms with Crippen LogP contribution >= 0.6 is 23.1 Å². The lowest BCUT2D eigenvalue weighted by Gasteiger charge is -2.31. The van der Waals surface area contributed by atoms with Crippen LogP contribution in [0.25, 0.3) is 0 Å². The van der Waals surface area contributed by atoms with E-state index in [-0.39, 0.29) is 35.7 Å². The predicted molar refractivity (Wildman–Crippen MR) is 155 cm³/mol. The molecular weight excluding hydrogens is 562 g/mol. The monoisotopic (exact) mass is 591 g/mol. The molecule has 2 saturated heterocycles. The number of piperidine rings is 1. The number of thioether (sulfide) groups is 1.